The van der Waals surface area contributed by atoms with Gasteiger partial charge in [-0.2, -0.15) is 13.2 Å². The molecule has 2 aliphatic rings. The van der Waals surface area contributed by atoms with Gasteiger partial charge in [-0.05, 0) is 49.8 Å². The summed E-state index contributed by atoms with van der Waals surface area (Å²) in [5.74, 6) is 0.419. The molecule has 0 radical (unpaired) electrons. The number of hydrogen-bond donors (Lipinski definition) is 1. The van der Waals surface area contributed by atoms with E-state index in [1.807, 2.05) is 4.90 Å². The normalized spacial score (nSPS) is 21.2. The summed E-state index contributed by atoms with van der Waals surface area (Å²) < 4.78 is 39.3. The Morgan fingerprint density at radius 2 is 1.92 bits per heavy atom. The second kappa shape index (κ2) is 7.76. The summed E-state index contributed by atoms with van der Waals surface area (Å²) in [6, 6.07) is 3.76. The van der Waals surface area contributed by atoms with Gasteiger partial charge in [0.1, 0.15) is 0 Å². The maximum absolute atomic E-state index is 13.1. The number of nitrogens with one attached hydrogen (secondary N) is 1. The Bertz CT molecular complexity index is 641. The minimum absolute atomic E-state index is 0.0227. The van der Waals surface area contributed by atoms with Gasteiger partial charge >= 0.3 is 6.18 Å². The molecule has 7 heteroatoms. The van der Waals surface area contributed by atoms with E-state index in [4.69, 9.17) is 0 Å². The van der Waals surface area contributed by atoms with Crippen LogP contribution in [0.15, 0.2) is 18.2 Å². The molecule has 144 valence electrons. The molecule has 0 aromatic heterocycles. The number of halogens is 3. The number of carbonyl (C=O) groups is 1. The van der Waals surface area contributed by atoms with Crippen molar-refractivity contribution in [3.63, 3.8) is 0 Å². The fourth-order valence-electron chi connectivity index (χ4n) is 3.79. The molecular weight excluding hydrogens is 343 g/mol. The van der Waals surface area contributed by atoms with Crippen molar-refractivity contribution < 1.29 is 18.0 Å². The van der Waals surface area contributed by atoms with Gasteiger partial charge in [0.25, 0.3) is 0 Å². The Morgan fingerprint density at radius 3 is 2.58 bits per heavy atom. The van der Waals surface area contributed by atoms with E-state index in [0.29, 0.717) is 11.6 Å². The molecule has 0 spiro atoms. The Morgan fingerprint density at radius 1 is 1.19 bits per heavy atom. The zero-order valence-electron chi connectivity index (χ0n) is 15.1. The molecule has 0 saturated carbocycles. The number of nitrogens with zero attached hydrogens (tertiary/aromatic N) is 2. The lowest BCUT2D eigenvalue weighted by Gasteiger charge is -2.31. The highest BCUT2D eigenvalue weighted by Gasteiger charge is 2.32. The number of piperidine rings is 1. The summed E-state index contributed by atoms with van der Waals surface area (Å²) in [6.45, 7) is 5.25. The molecule has 1 aromatic rings. The number of carbonyl (C=O) groups excluding carboxylic acids is 1. The van der Waals surface area contributed by atoms with Crippen molar-refractivity contribution in [1.29, 1.82) is 0 Å². The number of alkyl halides is 3. The summed E-state index contributed by atoms with van der Waals surface area (Å²) in [5, 5.41) is 2.98. The van der Waals surface area contributed by atoms with Crippen molar-refractivity contribution in [2.24, 2.45) is 5.92 Å². The summed E-state index contributed by atoms with van der Waals surface area (Å²) in [7, 11) is 0. The maximum atomic E-state index is 13.1. The molecule has 1 N–H and O–H groups in total. The van der Waals surface area contributed by atoms with Gasteiger partial charge < -0.3 is 15.1 Å². The number of amides is 1. The molecule has 1 unspecified atom stereocenters. The number of benzene rings is 1. The molecule has 26 heavy (non-hydrogen) atoms. The SMILES string of the molecule is CC1CCCN(C(=O)CNc2cc(C(F)(F)F)ccc2N2CCCC2)C1. The largest absolute Gasteiger partial charge is 0.416 e. The molecule has 2 heterocycles. The predicted molar refractivity (Wildman–Crippen MR) is 96.4 cm³/mol. The van der Waals surface area contributed by atoms with Gasteiger partial charge in [-0.1, -0.05) is 6.92 Å². The third-order valence-corrected chi connectivity index (χ3v) is 5.21. The van der Waals surface area contributed by atoms with Crippen molar-refractivity contribution >= 4 is 17.3 Å². The third-order valence-electron chi connectivity index (χ3n) is 5.21. The van der Waals surface area contributed by atoms with Crippen LogP contribution >= 0.6 is 0 Å². The average molecular weight is 369 g/mol. The number of hydrogen-bond acceptors (Lipinski definition) is 3. The number of rotatable bonds is 4. The smallest absolute Gasteiger partial charge is 0.374 e. The van der Waals surface area contributed by atoms with E-state index >= 15 is 0 Å². The van der Waals surface area contributed by atoms with E-state index < -0.39 is 11.7 Å². The van der Waals surface area contributed by atoms with Gasteiger partial charge in [0, 0.05) is 26.2 Å². The van der Waals surface area contributed by atoms with Crippen LogP contribution in [-0.2, 0) is 11.0 Å². The van der Waals surface area contributed by atoms with Crippen LogP contribution in [0.2, 0.25) is 0 Å². The van der Waals surface area contributed by atoms with Gasteiger partial charge in [0.15, 0.2) is 0 Å². The van der Waals surface area contributed by atoms with Crippen molar-refractivity contribution in [3.8, 4) is 0 Å². The first kappa shape index (κ1) is 18.9. The van der Waals surface area contributed by atoms with Gasteiger partial charge in [-0.25, -0.2) is 0 Å². The van der Waals surface area contributed by atoms with Crippen molar-refractivity contribution in [2.45, 2.75) is 38.8 Å². The first-order valence-corrected chi connectivity index (χ1v) is 9.32. The minimum atomic E-state index is -4.40. The van der Waals surface area contributed by atoms with Crippen LogP contribution in [0.4, 0.5) is 24.5 Å². The van der Waals surface area contributed by atoms with Crippen LogP contribution in [0, 0.1) is 5.92 Å². The quantitative estimate of drug-likeness (QED) is 0.872. The molecule has 1 amide bonds. The van der Waals surface area contributed by atoms with E-state index in [-0.39, 0.29) is 12.5 Å². The monoisotopic (exact) mass is 369 g/mol. The summed E-state index contributed by atoms with van der Waals surface area (Å²) >= 11 is 0. The van der Waals surface area contributed by atoms with E-state index in [9.17, 15) is 18.0 Å². The van der Waals surface area contributed by atoms with Gasteiger partial charge in [0.2, 0.25) is 5.91 Å². The standard InChI is InChI=1S/C19H26F3N3O/c1-14-5-4-10-25(13-14)18(26)12-23-16-11-15(19(20,21)22)6-7-17(16)24-8-2-3-9-24/h6-7,11,14,23H,2-5,8-10,12-13H2,1H3. The highest BCUT2D eigenvalue weighted by atomic mass is 19.4. The van der Waals surface area contributed by atoms with Crippen LogP contribution in [0.1, 0.15) is 38.2 Å². The molecule has 0 bridgehead atoms. The van der Waals surface area contributed by atoms with E-state index in [1.54, 1.807) is 0 Å². The molecule has 1 aromatic carbocycles. The summed E-state index contributed by atoms with van der Waals surface area (Å²) in [4.78, 5) is 16.3. The average Bonchev–Trinajstić information content (AvgIpc) is 3.13. The highest BCUT2D eigenvalue weighted by Crippen LogP contribution is 2.36. The topological polar surface area (TPSA) is 35.6 Å². The first-order chi connectivity index (χ1) is 12.3. The lowest BCUT2D eigenvalue weighted by atomic mass is 10.0. The van der Waals surface area contributed by atoms with E-state index in [2.05, 4.69) is 17.1 Å². The molecule has 3 rings (SSSR count). The predicted octanol–water partition coefficient (Wildman–Crippen LogP) is 3.98. The first-order valence-electron chi connectivity index (χ1n) is 9.32. The van der Waals surface area contributed by atoms with Crippen LogP contribution in [0.5, 0.6) is 0 Å². The maximum Gasteiger partial charge on any atom is 0.416 e. The van der Waals surface area contributed by atoms with Gasteiger partial charge in [-0.15, -0.1) is 0 Å². The Kier molecular flexibility index (Phi) is 5.63. The van der Waals surface area contributed by atoms with Crippen molar-refractivity contribution in [3.05, 3.63) is 23.8 Å². The number of anilines is 2. The van der Waals surface area contributed by atoms with E-state index in [1.165, 1.54) is 6.07 Å². The minimum Gasteiger partial charge on any atom is -0.374 e. The van der Waals surface area contributed by atoms with Crippen LogP contribution in [-0.4, -0.2) is 43.5 Å². The Labute approximate surface area is 152 Å². The van der Waals surface area contributed by atoms with E-state index in [0.717, 1.165) is 69.7 Å². The number of likely N-dealkylation sites (tertiary alicyclic amines) is 1. The zero-order chi connectivity index (χ0) is 18.7. The Balaban J connectivity index is 1.74. The fourth-order valence-corrected chi connectivity index (χ4v) is 3.79. The summed E-state index contributed by atoms with van der Waals surface area (Å²) in [6.07, 6.45) is -0.234. The molecule has 2 saturated heterocycles. The molecule has 2 fully saturated rings. The second-order valence-electron chi connectivity index (χ2n) is 7.36. The highest BCUT2D eigenvalue weighted by molar-refractivity contribution is 5.83. The fraction of sp³-hybridized carbons (Fsp3) is 0.632. The van der Waals surface area contributed by atoms with Gasteiger partial charge in [-0.3, -0.25) is 4.79 Å². The lowest BCUT2D eigenvalue weighted by Crippen LogP contribution is -2.42. The van der Waals surface area contributed by atoms with Crippen molar-refractivity contribution in [2.75, 3.05) is 42.9 Å². The second-order valence-corrected chi connectivity index (χ2v) is 7.36. The van der Waals surface area contributed by atoms with Crippen LogP contribution in [0.25, 0.3) is 0 Å². The third kappa shape index (κ3) is 4.43. The zero-order valence-corrected chi connectivity index (χ0v) is 15.1. The summed E-state index contributed by atoms with van der Waals surface area (Å²) in [5.41, 5.74) is 0.442. The molecule has 4 nitrogen and oxygen atoms in total. The Hall–Kier alpha value is -1.92. The molecule has 2 aliphatic heterocycles. The van der Waals surface area contributed by atoms with Crippen LogP contribution in [0.3, 0.4) is 0 Å². The molecular formula is C19H26F3N3O. The molecule has 1 atom stereocenters. The lowest BCUT2D eigenvalue weighted by molar-refractivity contribution is -0.137. The molecule has 0 aliphatic carbocycles. The van der Waals surface area contributed by atoms with Crippen molar-refractivity contribution in [1.82, 2.24) is 4.90 Å². The van der Waals surface area contributed by atoms with Crippen LogP contribution < -0.4 is 10.2 Å². The van der Waals surface area contributed by atoms with Gasteiger partial charge in [0.05, 0.1) is 23.5 Å².